The average Bonchev–Trinajstić information content (AvgIpc) is 2.87. The van der Waals surface area contributed by atoms with Crippen molar-refractivity contribution >= 4 is 17.6 Å². The van der Waals surface area contributed by atoms with Crippen molar-refractivity contribution in [1.82, 2.24) is 9.80 Å². The van der Waals surface area contributed by atoms with Gasteiger partial charge in [-0.1, -0.05) is 0 Å². The minimum atomic E-state index is -0.653. The summed E-state index contributed by atoms with van der Waals surface area (Å²) < 4.78 is 5.64. The monoisotopic (exact) mass is 362 g/mol. The van der Waals surface area contributed by atoms with Crippen molar-refractivity contribution in [3.05, 3.63) is 24.3 Å². The highest BCUT2D eigenvalue weighted by atomic mass is 16.5. The Morgan fingerprint density at radius 2 is 1.65 bits per heavy atom. The lowest BCUT2D eigenvalue weighted by atomic mass is 10.2. The van der Waals surface area contributed by atoms with Crippen LogP contribution in [0.5, 0.6) is 11.5 Å². The number of Topliss-reactive ketones (excluding diaryl/α,β-unsaturated/α-hetero) is 1. The highest BCUT2D eigenvalue weighted by Crippen LogP contribution is 2.18. The number of phenolic OH excluding ortho intramolecular Hbond substituents is 1. The summed E-state index contributed by atoms with van der Waals surface area (Å²) in [6.45, 7) is 5.25. The van der Waals surface area contributed by atoms with Gasteiger partial charge in [-0.3, -0.25) is 9.59 Å². The molecule has 0 spiro atoms. The van der Waals surface area contributed by atoms with Gasteiger partial charge >= 0.3 is 0 Å². The van der Waals surface area contributed by atoms with Gasteiger partial charge < -0.3 is 24.4 Å². The van der Waals surface area contributed by atoms with Gasteiger partial charge in [0.05, 0.1) is 0 Å². The number of ketones is 1. The van der Waals surface area contributed by atoms with E-state index in [-0.39, 0.29) is 36.2 Å². The lowest BCUT2D eigenvalue weighted by molar-refractivity contribution is -0.138. The Morgan fingerprint density at radius 3 is 2.31 bits per heavy atom. The van der Waals surface area contributed by atoms with Gasteiger partial charge in [-0.2, -0.15) is 0 Å². The molecule has 7 nitrogen and oxygen atoms in total. The third-order valence-electron chi connectivity index (χ3n) is 4.35. The molecule has 0 bridgehead atoms. The molecule has 0 saturated carbocycles. The highest BCUT2D eigenvalue weighted by Gasteiger charge is 2.26. The molecule has 7 heteroatoms. The summed E-state index contributed by atoms with van der Waals surface area (Å²) in [6, 6.07) is 6.22. The molecule has 1 aromatic carbocycles. The largest absolute Gasteiger partial charge is 0.508 e. The van der Waals surface area contributed by atoms with Crippen LogP contribution in [0.4, 0.5) is 0 Å². The smallest absolute Gasteiger partial charge is 0.263 e. The van der Waals surface area contributed by atoms with Crippen molar-refractivity contribution in [3.63, 3.8) is 0 Å². The fourth-order valence-corrected chi connectivity index (χ4v) is 2.86. The van der Waals surface area contributed by atoms with E-state index in [9.17, 15) is 19.5 Å². The van der Waals surface area contributed by atoms with E-state index in [0.717, 1.165) is 0 Å². The van der Waals surface area contributed by atoms with Crippen molar-refractivity contribution in [3.8, 4) is 11.5 Å². The Labute approximate surface area is 153 Å². The number of rotatable bonds is 6. The molecule has 1 fully saturated rings. The van der Waals surface area contributed by atoms with Gasteiger partial charge in [0, 0.05) is 39.0 Å². The molecule has 1 N–H and O–H groups in total. The molecule has 1 aliphatic heterocycles. The summed E-state index contributed by atoms with van der Waals surface area (Å²) in [6.07, 6.45) is 0.530. The molecule has 1 aromatic rings. The Kier molecular flexibility index (Phi) is 7.00. The average molecular weight is 362 g/mol. The van der Waals surface area contributed by atoms with E-state index in [1.54, 1.807) is 28.9 Å². The fourth-order valence-electron chi connectivity index (χ4n) is 2.86. The van der Waals surface area contributed by atoms with E-state index in [4.69, 9.17) is 4.74 Å². The second-order valence-corrected chi connectivity index (χ2v) is 6.52. The summed E-state index contributed by atoms with van der Waals surface area (Å²) in [5, 5.41) is 9.29. The molecular formula is C19H26N2O5. The van der Waals surface area contributed by atoms with E-state index < -0.39 is 6.10 Å². The van der Waals surface area contributed by atoms with Crippen LogP contribution in [0, 0.1) is 0 Å². The quantitative estimate of drug-likeness (QED) is 0.830. The predicted octanol–water partition coefficient (Wildman–Crippen LogP) is 1.59. The van der Waals surface area contributed by atoms with E-state index in [1.165, 1.54) is 19.1 Å². The van der Waals surface area contributed by atoms with Crippen LogP contribution in [0.25, 0.3) is 0 Å². The van der Waals surface area contributed by atoms with Crippen LogP contribution < -0.4 is 4.74 Å². The molecule has 0 aromatic heterocycles. The van der Waals surface area contributed by atoms with E-state index in [2.05, 4.69) is 0 Å². The van der Waals surface area contributed by atoms with Crippen LogP contribution in [0.3, 0.4) is 0 Å². The van der Waals surface area contributed by atoms with Crippen LogP contribution in [0.15, 0.2) is 24.3 Å². The van der Waals surface area contributed by atoms with Crippen molar-refractivity contribution in [2.24, 2.45) is 0 Å². The summed E-state index contributed by atoms with van der Waals surface area (Å²) in [5.41, 5.74) is 0. The molecule has 2 rings (SSSR count). The Morgan fingerprint density at radius 1 is 1.04 bits per heavy atom. The first-order valence-corrected chi connectivity index (χ1v) is 8.88. The van der Waals surface area contributed by atoms with Crippen molar-refractivity contribution in [1.29, 1.82) is 0 Å². The molecule has 1 aliphatic rings. The topological polar surface area (TPSA) is 87.2 Å². The van der Waals surface area contributed by atoms with Crippen LogP contribution in [0.2, 0.25) is 0 Å². The van der Waals surface area contributed by atoms with Crippen molar-refractivity contribution in [2.75, 3.05) is 26.2 Å². The number of benzene rings is 1. The summed E-state index contributed by atoms with van der Waals surface area (Å²) in [7, 11) is 0. The zero-order valence-corrected chi connectivity index (χ0v) is 15.3. The summed E-state index contributed by atoms with van der Waals surface area (Å²) in [5.74, 6) is 0.488. The lowest BCUT2D eigenvalue weighted by Gasteiger charge is -2.25. The van der Waals surface area contributed by atoms with Gasteiger partial charge in [0.1, 0.15) is 17.3 Å². The summed E-state index contributed by atoms with van der Waals surface area (Å²) in [4.78, 5) is 39.2. The van der Waals surface area contributed by atoms with Gasteiger partial charge in [0.15, 0.2) is 6.10 Å². The fraction of sp³-hybridized carbons (Fsp3) is 0.526. The van der Waals surface area contributed by atoms with E-state index in [1.807, 2.05) is 0 Å². The molecule has 0 radical (unpaired) electrons. The number of aromatic hydroxyl groups is 1. The molecule has 1 heterocycles. The number of carbonyl (C=O) groups excluding carboxylic acids is 3. The number of amides is 2. The minimum Gasteiger partial charge on any atom is -0.508 e. The molecule has 26 heavy (non-hydrogen) atoms. The molecular weight excluding hydrogens is 336 g/mol. The first kappa shape index (κ1) is 19.8. The first-order valence-electron chi connectivity index (χ1n) is 8.88. The van der Waals surface area contributed by atoms with Crippen LogP contribution in [0.1, 0.15) is 33.1 Å². The molecule has 0 aliphatic carbocycles. The standard InChI is InChI=1S/C19H26N2O5/c1-14(22)4-9-18(24)20-10-3-11-21(13-12-20)19(25)15(2)26-17-7-5-16(23)6-8-17/h5-8,15,23H,3-4,9-13H2,1-2H3. The van der Waals surface area contributed by atoms with Crippen molar-refractivity contribution < 1.29 is 24.2 Å². The molecule has 1 unspecified atom stereocenters. The van der Waals surface area contributed by atoms with Gasteiger partial charge in [-0.15, -0.1) is 0 Å². The Bertz CT molecular complexity index is 644. The first-order chi connectivity index (χ1) is 12.4. The second kappa shape index (κ2) is 9.22. The predicted molar refractivity (Wildman–Crippen MR) is 95.9 cm³/mol. The molecule has 2 amide bonds. The van der Waals surface area contributed by atoms with Crippen LogP contribution in [-0.4, -0.2) is 64.8 Å². The zero-order chi connectivity index (χ0) is 19.1. The Balaban J connectivity index is 1.86. The number of ether oxygens (including phenoxy) is 1. The summed E-state index contributed by atoms with van der Waals surface area (Å²) >= 11 is 0. The van der Waals surface area contributed by atoms with Crippen LogP contribution in [-0.2, 0) is 14.4 Å². The molecule has 142 valence electrons. The maximum Gasteiger partial charge on any atom is 0.263 e. The third kappa shape index (κ3) is 5.75. The molecule has 1 atom stereocenters. The second-order valence-electron chi connectivity index (χ2n) is 6.52. The zero-order valence-electron chi connectivity index (χ0n) is 15.3. The minimum absolute atomic E-state index is 0.00480. The number of nitrogens with zero attached hydrogens (tertiary/aromatic N) is 2. The van der Waals surface area contributed by atoms with E-state index >= 15 is 0 Å². The maximum absolute atomic E-state index is 12.6. The number of hydrogen-bond acceptors (Lipinski definition) is 5. The normalized spacial score (nSPS) is 15.9. The third-order valence-corrected chi connectivity index (χ3v) is 4.35. The van der Waals surface area contributed by atoms with Gasteiger partial charge in [0.25, 0.3) is 5.91 Å². The SMILES string of the molecule is CC(=O)CCC(=O)N1CCCN(C(=O)C(C)Oc2ccc(O)cc2)CC1. The highest BCUT2D eigenvalue weighted by molar-refractivity contribution is 5.84. The lowest BCUT2D eigenvalue weighted by Crippen LogP contribution is -2.43. The molecule has 1 saturated heterocycles. The van der Waals surface area contributed by atoms with Gasteiger partial charge in [-0.05, 0) is 44.5 Å². The maximum atomic E-state index is 12.6. The van der Waals surface area contributed by atoms with Gasteiger partial charge in [0.2, 0.25) is 5.91 Å². The Hall–Kier alpha value is -2.57. The number of carbonyl (C=O) groups is 3. The van der Waals surface area contributed by atoms with Crippen molar-refractivity contribution in [2.45, 2.75) is 39.2 Å². The van der Waals surface area contributed by atoms with Gasteiger partial charge in [-0.25, -0.2) is 0 Å². The van der Waals surface area contributed by atoms with E-state index in [0.29, 0.717) is 38.3 Å². The number of phenols is 1. The number of hydrogen-bond donors (Lipinski definition) is 1. The van der Waals surface area contributed by atoms with Crippen LogP contribution >= 0.6 is 0 Å².